The molecule has 1 aliphatic heterocycles. The summed E-state index contributed by atoms with van der Waals surface area (Å²) in [5.74, 6) is -0.281. The Morgan fingerprint density at radius 2 is 2.05 bits per heavy atom. The molecule has 1 fully saturated rings. The Morgan fingerprint density at radius 3 is 2.60 bits per heavy atom. The van der Waals surface area contributed by atoms with Crippen molar-refractivity contribution in [2.75, 3.05) is 51.4 Å². The van der Waals surface area contributed by atoms with Gasteiger partial charge in [0, 0.05) is 33.2 Å². The van der Waals surface area contributed by atoms with Crippen LogP contribution in [-0.2, 0) is 0 Å². The molecular formula is C12H18N6OS. The van der Waals surface area contributed by atoms with E-state index in [4.69, 9.17) is 11.0 Å². The molecule has 20 heavy (non-hydrogen) atoms. The molecule has 0 atom stereocenters. The fourth-order valence-corrected chi connectivity index (χ4v) is 2.96. The second-order valence-corrected chi connectivity index (χ2v) is 5.66. The molecule has 1 aromatic heterocycles. The third-order valence-electron chi connectivity index (χ3n) is 3.26. The molecule has 0 bridgehead atoms. The van der Waals surface area contributed by atoms with Gasteiger partial charge in [0.1, 0.15) is 15.9 Å². The number of nitrogens with one attached hydrogen (secondary N) is 2. The average Bonchev–Trinajstić information content (AvgIpc) is 2.76. The number of likely N-dealkylation sites (N-methyl/N-ethyl adjacent to an activating group) is 1. The Balaban J connectivity index is 2.22. The molecule has 0 spiro atoms. The molecule has 0 aliphatic carbocycles. The minimum atomic E-state index is -0.281. The van der Waals surface area contributed by atoms with E-state index < -0.39 is 0 Å². The van der Waals surface area contributed by atoms with Crippen LogP contribution in [0, 0.1) is 11.3 Å². The number of hydrogen-bond acceptors (Lipinski definition) is 7. The molecular weight excluding hydrogens is 276 g/mol. The number of piperazine rings is 1. The maximum Gasteiger partial charge on any atom is 0.256 e. The zero-order chi connectivity index (χ0) is 14.7. The van der Waals surface area contributed by atoms with E-state index in [9.17, 15) is 4.79 Å². The molecule has 1 aromatic rings. The maximum absolute atomic E-state index is 11.9. The lowest BCUT2D eigenvalue weighted by Gasteiger charge is -2.32. The number of nitriles is 1. The van der Waals surface area contributed by atoms with E-state index >= 15 is 0 Å². The minimum absolute atomic E-state index is 0.244. The van der Waals surface area contributed by atoms with E-state index in [0.717, 1.165) is 26.2 Å². The lowest BCUT2D eigenvalue weighted by Crippen LogP contribution is -2.47. The van der Waals surface area contributed by atoms with Crippen molar-refractivity contribution in [1.29, 1.82) is 5.26 Å². The highest BCUT2D eigenvalue weighted by Gasteiger charge is 2.23. The van der Waals surface area contributed by atoms with Crippen LogP contribution in [0.5, 0.6) is 0 Å². The zero-order valence-electron chi connectivity index (χ0n) is 11.6. The minimum Gasteiger partial charge on any atom is -0.396 e. The molecule has 0 aromatic carbocycles. The van der Waals surface area contributed by atoms with Gasteiger partial charge in [0.15, 0.2) is 0 Å². The van der Waals surface area contributed by atoms with Crippen LogP contribution in [0.1, 0.15) is 15.2 Å². The summed E-state index contributed by atoms with van der Waals surface area (Å²) >= 11 is 1.21. The predicted octanol–water partition coefficient (Wildman–Crippen LogP) is 0.136. The third-order valence-corrected chi connectivity index (χ3v) is 4.28. The van der Waals surface area contributed by atoms with Crippen molar-refractivity contribution in [2.45, 2.75) is 0 Å². The standard InChI is InChI=1S/C12H18N6OS/c1-15-11(19)9-10(14)8(7-13)20-12(9)16-18-5-3-17(2)4-6-18/h16H,3-6,14H2,1-2H3,(H,15,19). The normalized spacial score (nSPS) is 16.6. The number of hydrazine groups is 1. The molecule has 2 rings (SSSR count). The first-order chi connectivity index (χ1) is 9.56. The molecule has 8 heteroatoms. The first-order valence-electron chi connectivity index (χ1n) is 6.31. The summed E-state index contributed by atoms with van der Waals surface area (Å²) in [6.07, 6.45) is 0. The highest BCUT2D eigenvalue weighted by molar-refractivity contribution is 7.17. The highest BCUT2D eigenvalue weighted by Crippen LogP contribution is 2.35. The Hall–Kier alpha value is -1.82. The number of thiophene rings is 1. The van der Waals surface area contributed by atoms with Gasteiger partial charge in [-0.05, 0) is 7.05 Å². The summed E-state index contributed by atoms with van der Waals surface area (Å²) in [6.45, 7) is 3.61. The number of nitrogens with two attached hydrogens (primary N) is 1. The van der Waals surface area contributed by atoms with E-state index in [1.807, 2.05) is 11.1 Å². The van der Waals surface area contributed by atoms with Gasteiger partial charge in [-0.3, -0.25) is 4.79 Å². The Bertz CT molecular complexity index is 541. The molecule has 1 amide bonds. The van der Waals surface area contributed by atoms with E-state index in [0.29, 0.717) is 15.4 Å². The molecule has 7 nitrogen and oxygen atoms in total. The van der Waals surface area contributed by atoms with Crippen LogP contribution in [0.25, 0.3) is 0 Å². The number of nitrogen functional groups attached to an aromatic ring is 1. The van der Waals surface area contributed by atoms with Gasteiger partial charge in [0.25, 0.3) is 5.91 Å². The molecule has 0 unspecified atom stereocenters. The molecule has 0 saturated carbocycles. The van der Waals surface area contributed by atoms with Crippen LogP contribution in [0.4, 0.5) is 10.7 Å². The molecule has 4 N–H and O–H groups in total. The maximum atomic E-state index is 11.9. The number of carbonyl (C=O) groups excluding carboxylic acids is 1. The summed E-state index contributed by atoms with van der Waals surface area (Å²) < 4.78 is 0. The number of carbonyl (C=O) groups is 1. The second-order valence-electron chi connectivity index (χ2n) is 4.64. The highest BCUT2D eigenvalue weighted by atomic mass is 32.1. The summed E-state index contributed by atoms with van der Waals surface area (Å²) in [5.41, 5.74) is 9.69. The van der Waals surface area contributed by atoms with Gasteiger partial charge in [0.05, 0.1) is 11.3 Å². The van der Waals surface area contributed by atoms with Gasteiger partial charge < -0.3 is 21.4 Å². The van der Waals surface area contributed by atoms with Crippen molar-refractivity contribution in [3.8, 4) is 6.07 Å². The summed E-state index contributed by atoms with van der Waals surface area (Å²) in [5, 5.41) is 14.3. The van der Waals surface area contributed by atoms with E-state index in [2.05, 4.69) is 22.7 Å². The third kappa shape index (κ3) is 2.85. The summed E-state index contributed by atoms with van der Waals surface area (Å²) in [4.78, 5) is 14.5. The first kappa shape index (κ1) is 14.6. The smallest absolute Gasteiger partial charge is 0.256 e. The number of amides is 1. The lowest BCUT2D eigenvalue weighted by molar-refractivity contribution is 0.0964. The van der Waals surface area contributed by atoms with Crippen molar-refractivity contribution in [1.82, 2.24) is 15.2 Å². The number of nitrogens with zero attached hydrogens (tertiary/aromatic N) is 3. The van der Waals surface area contributed by atoms with Gasteiger partial charge in [-0.1, -0.05) is 0 Å². The quantitative estimate of drug-likeness (QED) is 0.733. The lowest BCUT2D eigenvalue weighted by atomic mass is 10.2. The van der Waals surface area contributed by atoms with E-state index in [1.165, 1.54) is 11.3 Å². The number of rotatable bonds is 3. The van der Waals surface area contributed by atoms with Crippen LogP contribution < -0.4 is 16.5 Å². The second kappa shape index (κ2) is 6.09. The largest absolute Gasteiger partial charge is 0.396 e. The van der Waals surface area contributed by atoms with Crippen LogP contribution in [0.15, 0.2) is 0 Å². The zero-order valence-corrected chi connectivity index (χ0v) is 12.4. The van der Waals surface area contributed by atoms with Crippen LogP contribution in [0.2, 0.25) is 0 Å². The van der Waals surface area contributed by atoms with Crippen molar-refractivity contribution >= 4 is 27.9 Å². The SMILES string of the molecule is CNC(=O)c1c(NN2CCN(C)CC2)sc(C#N)c1N. The van der Waals surface area contributed by atoms with Crippen molar-refractivity contribution in [3.63, 3.8) is 0 Å². The number of anilines is 2. The van der Waals surface area contributed by atoms with Crippen LogP contribution in [-0.4, -0.2) is 56.1 Å². The fourth-order valence-electron chi connectivity index (χ4n) is 2.02. The topological polar surface area (TPSA) is 97.4 Å². The van der Waals surface area contributed by atoms with Crippen LogP contribution >= 0.6 is 11.3 Å². The van der Waals surface area contributed by atoms with Crippen molar-refractivity contribution < 1.29 is 4.79 Å². The Kier molecular flexibility index (Phi) is 4.44. The van der Waals surface area contributed by atoms with Crippen molar-refractivity contribution in [2.24, 2.45) is 0 Å². The summed E-state index contributed by atoms with van der Waals surface area (Å²) in [6, 6.07) is 2.03. The Morgan fingerprint density at radius 1 is 1.40 bits per heavy atom. The predicted molar refractivity (Wildman–Crippen MR) is 79.5 cm³/mol. The molecule has 1 aliphatic rings. The van der Waals surface area contributed by atoms with E-state index in [1.54, 1.807) is 7.05 Å². The van der Waals surface area contributed by atoms with Crippen molar-refractivity contribution in [3.05, 3.63) is 10.4 Å². The average molecular weight is 294 g/mol. The van der Waals surface area contributed by atoms with Gasteiger partial charge in [-0.2, -0.15) is 5.26 Å². The molecule has 108 valence electrons. The molecule has 2 heterocycles. The number of hydrogen-bond donors (Lipinski definition) is 3. The fraction of sp³-hybridized carbons (Fsp3) is 0.500. The van der Waals surface area contributed by atoms with Gasteiger partial charge in [0.2, 0.25) is 0 Å². The summed E-state index contributed by atoms with van der Waals surface area (Å²) in [7, 11) is 3.62. The molecule has 1 saturated heterocycles. The van der Waals surface area contributed by atoms with Gasteiger partial charge in [-0.25, -0.2) is 5.01 Å². The van der Waals surface area contributed by atoms with Gasteiger partial charge in [-0.15, -0.1) is 11.3 Å². The first-order valence-corrected chi connectivity index (χ1v) is 7.13. The molecule has 0 radical (unpaired) electrons. The van der Waals surface area contributed by atoms with E-state index in [-0.39, 0.29) is 11.6 Å². The Labute approximate surface area is 121 Å². The van der Waals surface area contributed by atoms with Crippen LogP contribution in [0.3, 0.4) is 0 Å². The van der Waals surface area contributed by atoms with Gasteiger partial charge >= 0.3 is 0 Å². The monoisotopic (exact) mass is 294 g/mol.